The van der Waals surface area contributed by atoms with Crippen molar-refractivity contribution >= 4 is 28.7 Å². The van der Waals surface area contributed by atoms with Gasteiger partial charge < -0.3 is 32.1 Å². The Morgan fingerprint density at radius 1 is 0.974 bits per heavy atom. The molecule has 0 amide bonds. The Labute approximate surface area is 232 Å². The zero-order chi connectivity index (χ0) is 28.4. The number of likely N-dealkylation sites (N-methyl/N-ethyl adjacent to an activating group) is 1. The minimum atomic E-state index is -4.92. The van der Waals surface area contributed by atoms with E-state index in [4.69, 9.17) is 12.2 Å². The van der Waals surface area contributed by atoms with Gasteiger partial charge in [0.15, 0.2) is 5.11 Å². The molecular formula is C24H29BrF6N4O2S. The van der Waals surface area contributed by atoms with E-state index in [0.29, 0.717) is 12.2 Å². The Balaban J connectivity index is 0.00000722. The molecule has 0 radical (unpaired) electrons. The first-order chi connectivity index (χ1) is 16.7. The molecule has 2 aromatic carbocycles. The standard InChI is InChI=1S/C24H28F6N4O2S.BrH/c1-22(2,3)20(32-21(37)31-18-6-8-19(9-7-18)33(35)36)14-34(4,5)13-15-10-16(23(25,26)27)12-17(11-15)24(28,29)30;/h6-12,20H,13-14H2,1-5H3,(H-,31,32,37);1H/t20-;/m1./s1. The van der Waals surface area contributed by atoms with E-state index in [0.717, 1.165) is 12.1 Å². The van der Waals surface area contributed by atoms with Gasteiger partial charge in [0.1, 0.15) is 6.54 Å². The van der Waals surface area contributed by atoms with Crippen LogP contribution in [0.1, 0.15) is 37.5 Å². The van der Waals surface area contributed by atoms with Gasteiger partial charge in [0.05, 0.1) is 42.7 Å². The van der Waals surface area contributed by atoms with Gasteiger partial charge in [-0.15, -0.1) is 0 Å². The van der Waals surface area contributed by atoms with Gasteiger partial charge in [-0.1, -0.05) is 20.8 Å². The van der Waals surface area contributed by atoms with Crippen molar-refractivity contribution in [1.82, 2.24) is 5.32 Å². The summed E-state index contributed by atoms with van der Waals surface area (Å²) >= 11 is 5.39. The van der Waals surface area contributed by atoms with Crippen molar-refractivity contribution < 1.29 is 52.7 Å². The molecule has 0 aliphatic heterocycles. The Hall–Kier alpha value is -2.45. The van der Waals surface area contributed by atoms with E-state index in [1.54, 1.807) is 14.1 Å². The fraction of sp³-hybridized carbons (Fsp3) is 0.458. The number of nitrogens with zero attached hydrogens (tertiary/aromatic N) is 2. The number of non-ortho nitro benzene ring substituents is 1. The van der Waals surface area contributed by atoms with Crippen LogP contribution in [0.5, 0.6) is 0 Å². The predicted molar refractivity (Wildman–Crippen MR) is 133 cm³/mol. The lowest BCUT2D eigenvalue weighted by molar-refractivity contribution is -0.905. The second kappa shape index (κ2) is 12.2. The third kappa shape index (κ3) is 10.0. The smallest absolute Gasteiger partial charge is 0.416 e. The van der Waals surface area contributed by atoms with Gasteiger partial charge in [0.25, 0.3) is 5.69 Å². The van der Waals surface area contributed by atoms with Crippen LogP contribution in [0.15, 0.2) is 42.5 Å². The Morgan fingerprint density at radius 3 is 1.84 bits per heavy atom. The van der Waals surface area contributed by atoms with Crippen LogP contribution in [-0.4, -0.2) is 41.2 Å². The molecule has 0 fully saturated rings. The maximum atomic E-state index is 13.3. The van der Waals surface area contributed by atoms with Gasteiger partial charge in [-0.05, 0) is 48.0 Å². The van der Waals surface area contributed by atoms with Crippen molar-refractivity contribution in [3.05, 3.63) is 69.3 Å². The average molecular weight is 631 g/mol. The van der Waals surface area contributed by atoms with Crippen LogP contribution in [0, 0.1) is 15.5 Å². The maximum Gasteiger partial charge on any atom is 0.416 e. The monoisotopic (exact) mass is 630 g/mol. The number of nitrogens with one attached hydrogen (secondary N) is 2. The number of anilines is 1. The van der Waals surface area contributed by atoms with E-state index in [2.05, 4.69) is 10.6 Å². The summed E-state index contributed by atoms with van der Waals surface area (Å²) in [6.45, 7) is 5.98. The third-order valence-electron chi connectivity index (χ3n) is 5.62. The highest BCUT2D eigenvalue weighted by molar-refractivity contribution is 7.80. The first-order valence-corrected chi connectivity index (χ1v) is 11.5. The van der Waals surface area contributed by atoms with Crippen molar-refractivity contribution in [3.8, 4) is 0 Å². The van der Waals surface area contributed by atoms with Crippen molar-refractivity contribution in [2.45, 2.75) is 45.7 Å². The number of nitro groups is 1. The number of rotatable bonds is 7. The second-order valence-corrected chi connectivity index (χ2v) is 10.9. The zero-order valence-electron chi connectivity index (χ0n) is 21.3. The quantitative estimate of drug-likeness (QED) is 0.161. The zero-order valence-corrected chi connectivity index (χ0v) is 23.7. The number of quaternary nitrogens is 1. The van der Waals surface area contributed by atoms with Gasteiger partial charge in [0.2, 0.25) is 0 Å². The summed E-state index contributed by atoms with van der Waals surface area (Å²) in [4.78, 5) is 10.3. The molecule has 6 nitrogen and oxygen atoms in total. The van der Waals surface area contributed by atoms with Crippen molar-refractivity contribution in [2.24, 2.45) is 5.41 Å². The highest BCUT2D eigenvalue weighted by Gasteiger charge is 2.38. The summed E-state index contributed by atoms with van der Waals surface area (Å²) in [5.41, 5.74) is -2.77. The van der Waals surface area contributed by atoms with Crippen LogP contribution in [0.2, 0.25) is 0 Å². The number of hydrogen-bond acceptors (Lipinski definition) is 3. The molecule has 1 atom stereocenters. The Morgan fingerprint density at radius 2 is 1.45 bits per heavy atom. The van der Waals surface area contributed by atoms with Gasteiger partial charge in [-0.3, -0.25) is 10.1 Å². The van der Waals surface area contributed by atoms with Crippen LogP contribution in [0.25, 0.3) is 0 Å². The first kappa shape index (κ1) is 33.6. The number of hydrogen-bond donors (Lipinski definition) is 2. The van der Waals surface area contributed by atoms with Crippen molar-refractivity contribution in [2.75, 3.05) is 26.0 Å². The number of nitro benzene ring substituents is 1. The van der Waals surface area contributed by atoms with Crippen LogP contribution in [0.4, 0.5) is 37.7 Å². The van der Waals surface area contributed by atoms with Gasteiger partial charge in [0, 0.05) is 23.4 Å². The number of benzene rings is 2. The van der Waals surface area contributed by atoms with Crippen LogP contribution in [0.3, 0.4) is 0 Å². The first-order valence-electron chi connectivity index (χ1n) is 11.1. The van der Waals surface area contributed by atoms with E-state index >= 15 is 0 Å². The van der Waals surface area contributed by atoms with Gasteiger partial charge in [-0.25, -0.2) is 0 Å². The second-order valence-electron chi connectivity index (χ2n) is 10.5. The molecule has 0 unspecified atom stereocenters. The average Bonchev–Trinajstić information content (AvgIpc) is 2.71. The molecule has 2 rings (SSSR count). The summed E-state index contributed by atoms with van der Waals surface area (Å²) in [6, 6.07) is 6.88. The lowest BCUT2D eigenvalue weighted by Crippen LogP contribution is -3.00. The largest absolute Gasteiger partial charge is 1.00 e. The third-order valence-corrected chi connectivity index (χ3v) is 5.84. The summed E-state index contributed by atoms with van der Waals surface area (Å²) < 4.78 is 79.8. The molecule has 0 aliphatic carbocycles. The molecule has 2 aromatic rings. The molecule has 0 bridgehead atoms. The van der Waals surface area contributed by atoms with E-state index in [-0.39, 0.29) is 56.5 Å². The number of thiocarbonyl (C=S) groups is 1. The van der Waals surface area contributed by atoms with Crippen LogP contribution in [-0.2, 0) is 18.9 Å². The molecule has 14 heteroatoms. The lowest BCUT2D eigenvalue weighted by atomic mass is 9.86. The minimum absolute atomic E-state index is 0. The predicted octanol–water partition coefficient (Wildman–Crippen LogP) is 3.61. The van der Waals surface area contributed by atoms with Crippen LogP contribution >= 0.6 is 12.2 Å². The molecule has 0 spiro atoms. The fourth-order valence-electron chi connectivity index (χ4n) is 3.69. The SMILES string of the molecule is CC(C)(C)[C@@H](C[N+](C)(C)Cc1cc(C(F)(F)F)cc(C(F)(F)F)c1)NC(=S)Nc1ccc([N+](=O)[O-])cc1.[Br-]. The van der Waals surface area contributed by atoms with E-state index in [1.165, 1.54) is 24.3 Å². The van der Waals surface area contributed by atoms with Crippen molar-refractivity contribution in [3.63, 3.8) is 0 Å². The summed E-state index contributed by atoms with van der Waals surface area (Å²) in [5, 5.41) is 17.1. The fourth-order valence-corrected chi connectivity index (χ4v) is 3.95. The summed E-state index contributed by atoms with van der Waals surface area (Å²) in [6.07, 6.45) is -9.84. The molecule has 0 aliphatic rings. The molecule has 212 valence electrons. The molecule has 0 saturated heterocycles. The lowest BCUT2D eigenvalue weighted by Gasteiger charge is -2.39. The number of alkyl halides is 6. The van der Waals surface area contributed by atoms with Crippen LogP contribution < -0.4 is 27.6 Å². The Bertz CT molecular complexity index is 1100. The summed E-state index contributed by atoms with van der Waals surface area (Å²) in [5.74, 6) is 0. The molecule has 38 heavy (non-hydrogen) atoms. The maximum absolute atomic E-state index is 13.3. The van der Waals surface area contributed by atoms with E-state index in [9.17, 15) is 36.5 Å². The molecule has 2 N–H and O–H groups in total. The molecule has 0 heterocycles. The van der Waals surface area contributed by atoms with Crippen molar-refractivity contribution in [1.29, 1.82) is 0 Å². The van der Waals surface area contributed by atoms with E-state index in [1.807, 2.05) is 20.8 Å². The topological polar surface area (TPSA) is 67.2 Å². The van der Waals surface area contributed by atoms with Gasteiger partial charge >= 0.3 is 12.4 Å². The summed E-state index contributed by atoms with van der Waals surface area (Å²) in [7, 11) is 3.42. The molecular weight excluding hydrogens is 602 g/mol. The highest BCUT2D eigenvalue weighted by Crippen LogP contribution is 2.37. The van der Waals surface area contributed by atoms with E-state index < -0.39 is 33.8 Å². The Kier molecular flexibility index (Phi) is 10.7. The number of halogens is 7. The normalized spacial score (nSPS) is 13.3. The molecule has 0 saturated carbocycles. The highest BCUT2D eigenvalue weighted by atomic mass is 79.9. The minimum Gasteiger partial charge on any atom is -1.00 e. The van der Waals surface area contributed by atoms with Gasteiger partial charge in [-0.2, -0.15) is 26.3 Å². The molecule has 0 aromatic heterocycles.